The molecule has 0 amide bonds. The third-order valence-corrected chi connectivity index (χ3v) is 5.47. The predicted molar refractivity (Wildman–Crippen MR) is 78.9 cm³/mol. The quantitative estimate of drug-likeness (QED) is 0.803. The first-order chi connectivity index (χ1) is 9.85. The first kappa shape index (κ1) is 12.4. The molecule has 104 valence electrons. The summed E-state index contributed by atoms with van der Waals surface area (Å²) in [4.78, 5) is 5.33. The number of hydrogen-bond acceptors (Lipinski definition) is 7. The van der Waals surface area contributed by atoms with Gasteiger partial charge in [0, 0.05) is 17.8 Å². The van der Waals surface area contributed by atoms with E-state index in [9.17, 15) is 0 Å². The van der Waals surface area contributed by atoms with Crippen LogP contribution < -0.4 is 5.73 Å². The van der Waals surface area contributed by atoms with Gasteiger partial charge in [-0.15, -0.1) is 21.5 Å². The maximum atomic E-state index is 5.61. The number of nitrogens with two attached hydrogens (primary N) is 1. The van der Waals surface area contributed by atoms with Crippen LogP contribution in [-0.2, 0) is 6.54 Å². The van der Waals surface area contributed by atoms with Crippen LogP contribution in [-0.4, -0.2) is 24.8 Å². The molecular formula is C12H14N6S2. The van der Waals surface area contributed by atoms with E-state index in [-0.39, 0.29) is 0 Å². The van der Waals surface area contributed by atoms with Gasteiger partial charge in [-0.2, -0.15) is 9.61 Å². The fourth-order valence-corrected chi connectivity index (χ4v) is 4.22. The van der Waals surface area contributed by atoms with E-state index in [2.05, 4.69) is 20.3 Å². The highest BCUT2D eigenvalue weighted by Crippen LogP contribution is 2.34. The largest absolute Gasteiger partial charge is 0.325 e. The van der Waals surface area contributed by atoms with Gasteiger partial charge >= 0.3 is 0 Å². The fourth-order valence-electron chi connectivity index (χ4n) is 2.68. The van der Waals surface area contributed by atoms with Crippen molar-refractivity contribution < 1.29 is 0 Å². The molecule has 0 aliphatic heterocycles. The molecule has 0 aromatic carbocycles. The minimum absolute atomic E-state index is 0.474. The summed E-state index contributed by atoms with van der Waals surface area (Å²) in [5.74, 6) is 1.52. The van der Waals surface area contributed by atoms with E-state index in [4.69, 9.17) is 5.73 Å². The van der Waals surface area contributed by atoms with Gasteiger partial charge in [-0.3, -0.25) is 0 Å². The molecule has 1 fully saturated rings. The van der Waals surface area contributed by atoms with E-state index in [0.29, 0.717) is 12.5 Å². The number of fused-ring (bicyclic) bond motifs is 1. The van der Waals surface area contributed by atoms with Crippen molar-refractivity contribution in [2.45, 2.75) is 38.1 Å². The maximum Gasteiger partial charge on any atom is 0.235 e. The molecule has 0 radical (unpaired) electrons. The molecule has 1 aliphatic carbocycles. The van der Waals surface area contributed by atoms with Gasteiger partial charge in [-0.25, -0.2) is 4.98 Å². The minimum Gasteiger partial charge on any atom is -0.325 e. The van der Waals surface area contributed by atoms with Crippen LogP contribution in [0, 0.1) is 0 Å². The van der Waals surface area contributed by atoms with E-state index in [0.717, 1.165) is 26.5 Å². The first-order valence-corrected chi connectivity index (χ1v) is 8.42. The van der Waals surface area contributed by atoms with Crippen molar-refractivity contribution in [3.8, 4) is 10.7 Å². The summed E-state index contributed by atoms with van der Waals surface area (Å²) in [5.41, 5.74) is 6.50. The monoisotopic (exact) mass is 306 g/mol. The minimum atomic E-state index is 0.474. The lowest BCUT2D eigenvalue weighted by molar-refractivity contribution is 0.641. The lowest BCUT2D eigenvalue weighted by Crippen LogP contribution is -2.01. The Morgan fingerprint density at radius 3 is 2.90 bits per heavy atom. The normalized spacial score (nSPS) is 16.4. The molecule has 0 bridgehead atoms. The highest BCUT2D eigenvalue weighted by molar-refractivity contribution is 7.20. The molecule has 3 aromatic heterocycles. The van der Waals surface area contributed by atoms with Crippen molar-refractivity contribution in [3.05, 3.63) is 16.2 Å². The molecule has 4 rings (SSSR count). The number of hydrogen-bond donors (Lipinski definition) is 1. The average molecular weight is 306 g/mol. The Labute approximate surface area is 123 Å². The summed E-state index contributed by atoms with van der Waals surface area (Å²) in [7, 11) is 0. The fraction of sp³-hybridized carbons (Fsp3) is 0.500. The molecule has 3 aromatic rings. The number of rotatable bonds is 3. The van der Waals surface area contributed by atoms with Crippen LogP contribution in [0.3, 0.4) is 0 Å². The third kappa shape index (κ3) is 1.95. The maximum absolute atomic E-state index is 5.61. The molecule has 1 saturated carbocycles. The van der Waals surface area contributed by atoms with E-state index in [1.807, 2.05) is 9.90 Å². The predicted octanol–water partition coefficient (Wildman–Crippen LogP) is 2.43. The summed E-state index contributed by atoms with van der Waals surface area (Å²) in [6.45, 7) is 0.474. The first-order valence-electron chi connectivity index (χ1n) is 6.72. The van der Waals surface area contributed by atoms with E-state index in [1.54, 1.807) is 11.3 Å². The molecule has 1 aliphatic rings. The molecule has 6 nitrogen and oxygen atoms in total. The van der Waals surface area contributed by atoms with Crippen LogP contribution in [0.5, 0.6) is 0 Å². The molecule has 20 heavy (non-hydrogen) atoms. The van der Waals surface area contributed by atoms with E-state index < -0.39 is 0 Å². The number of nitrogens with zero attached hydrogens (tertiary/aromatic N) is 5. The second kappa shape index (κ2) is 4.87. The molecule has 3 heterocycles. The average Bonchev–Trinajstić information content (AvgIpc) is 3.20. The molecule has 0 spiro atoms. The zero-order valence-electron chi connectivity index (χ0n) is 10.8. The smallest absolute Gasteiger partial charge is 0.235 e. The van der Waals surface area contributed by atoms with Crippen molar-refractivity contribution in [3.63, 3.8) is 0 Å². The second-order valence-corrected chi connectivity index (χ2v) is 6.87. The van der Waals surface area contributed by atoms with Gasteiger partial charge in [-0.05, 0) is 12.8 Å². The highest BCUT2D eigenvalue weighted by Gasteiger charge is 2.24. The topological polar surface area (TPSA) is 82.0 Å². The Kier molecular flexibility index (Phi) is 3.01. The van der Waals surface area contributed by atoms with Gasteiger partial charge in [-0.1, -0.05) is 24.2 Å². The summed E-state index contributed by atoms with van der Waals surface area (Å²) < 4.78 is 1.90. The Balaban J connectivity index is 1.75. The van der Waals surface area contributed by atoms with Crippen LogP contribution in [0.2, 0.25) is 0 Å². The standard InChI is InChI=1S/C12H14N6S2/c13-5-9-14-8(6-19-9)11-17-18-10(7-3-1-2-4-7)15-16-12(18)20-11/h6-7H,1-5,13H2. The highest BCUT2D eigenvalue weighted by atomic mass is 32.1. The van der Waals surface area contributed by atoms with Gasteiger partial charge in [0.15, 0.2) is 10.8 Å². The SMILES string of the molecule is NCc1nc(-c2nn3c(C4CCCC4)nnc3s2)cs1. The Morgan fingerprint density at radius 1 is 1.30 bits per heavy atom. The van der Waals surface area contributed by atoms with Crippen LogP contribution in [0.1, 0.15) is 42.4 Å². The van der Waals surface area contributed by atoms with Crippen molar-refractivity contribution in [2.24, 2.45) is 5.73 Å². The van der Waals surface area contributed by atoms with Crippen LogP contribution >= 0.6 is 22.7 Å². The molecule has 2 N–H and O–H groups in total. The Bertz CT molecular complexity index is 736. The van der Waals surface area contributed by atoms with Crippen LogP contribution in [0.15, 0.2) is 5.38 Å². The van der Waals surface area contributed by atoms with Crippen molar-refractivity contribution >= 4 is 27.6 Å². The zero-order valence-corrected chi connectivity index (χ0v) is 12.5. The summed E-state index contributed by atoms with van der Waals surface area (Å²) in [5, 5.41) is 17.1. The van der Waals surface area contributed by atoms with Crippen LogP contribution in [0.25, 0.3) is 15.7 Å². The lowest BCUT2D eigenvalue weighted by atomic mass is 10.1. The van der Waals surface area contributed by atoms with E-state index in [1.165, 1.54) is 37.0 Å². The van der Waals surface area contributed by atoms with Crippen LogP contribution in [0.4, 0.5) is 0 Å². The zero-order chi connectivity index (χ0) is 13.5. The number of aromatic nitrogens is 5. The molecule has 8 heteroatoms. The Hall–Kier alpha value is -1.38. The third-order valence-electron chi connectivity index (χ3n) is 3.68. The Morgan fingerprint density at radius 2 is 2.15 bits per heavy atom. The second-order valence-electron chi connectivity index (χ2n) is 4.97. The summed E-state index contributed by atoms with van der Waals surface area (Å²) in [6, 6.07) is 0. The van der Waals surface area contributed by atoms with Crippen molar-refractivity contribution in [1.29, 1.82) is 0 Å². The lowest BCUT2D eigenvalue weighted by Gasteiger charge is -2.03. The molecule has 0 unspecified atom stereocenters. The van der Waals surface area contributed by atoms with Gasteiger partial charge in [0.05, 0.1) is 0 Å². The van der Waals surface area contributed by atoms with Gasteiger partial charge in [0.1, 0.15) is 10.7 Å². The number of thiazole rings is 1. The van der Waals surface area contributed by atoms with Gasteiger partial charge < -0.3 is 5.73 Å². The van der Waals surface area contributed by atoms with Gasteiger partial charge in [0.2, 0.25) is 4.96 Å². The summed E-state index contributed by atoms with van der Waals surface area (Å²) >= 11 is 3.11. The van der Waals surface area contributed by atoms with Gasteiger partial charge in [0.25, 0.3) is 0 Å². The molecule has 0 atom stereocenters. The summed E-state index contributed by atoms with van der Waals surface area (Å²) in [6.07, 6.45) is 4.95. The molecule has 0 saturated heterocycles. The van der Waals surface area contributed by atoms with Crippen molar-refractivity contribution in [2.75, 3.05) is 0 Å². The van der Waals surface area contributed by atoms with E-state index >= 15 is 0 Å². The molecular weight excluding hydrogens is 292 g/mol. The van der Waals surface area contributed by atoms with Crippen molar-refractivity contribution in [1.82, 2.24) is 24.8 Å².